The molecule has 94 valence electrons. The van der Waals surface area contributed by atoms with Crippen molar-refractivity contribution < 1.29 is 4.74 Å². The van der Waals surface area contributed by atoms with Crippen LogP contribution in [-0.2, 0) is 0 Å². The molecule has 3 N–H and O–H groups in total. The fraction of sp³-hybridized carbons (Fsp3) is 0.615. The lowest BCUT2D eigenvalue weighted by atomic mass is 10.2. The first kappa shape index (κ1) is 12.0. The minimum absolute atomic E-state index is 0.210. The van der Waals surface area contributed by atoms with Crippen LogP contribution in [0.4, 0.5) is 11.5 Å². The van der Waals surface area contributed by atoms with E-state index in [0.717, 1.165) is 5.82 Å². The number of hydrogen-bond acceptors (Lipinski definition) is 4. The van der Waals surface area contributed by atoms with Gasteiger partial charge in [-0.15, -0.1) is 0 Å². The Morgan fingerprint density at radius 1 is 1.35 bits per heavy atom. The van der Waals surface area contributed by atoms with E-state index in [-0.39, 0.29) is 11.1 Å². The molecule has 0 bridgehead atoms. The Bertz CT molecular complexity index is 419. The molecule has 0 spiro atoms. The van der Waals surface area contributed by atoms with E-state index in [1.54, 1.807) is 0 Å². The lowest BCUT2D eigenvalue weighted by molar-refractivity contribution is 0.125. The van der Waals surface area contributed by atoms with Gasteiger partial charge in [0, 0.05) is 5.54 Å². The Balaban J connectivity index is 2.17. The Hall–Kier alpha value is -1.45. The molecule has 0 aromatic carbocycles. The van der Waals surface area contributed by atoms with Crippen LogP contribution in [0.5, 0.6) is 5.88 Å². The van der Waals surface area contributed by atoms with Crippen LogP contribution in [-0.4, -0.2) is 16.1 Å². The van der Waals surface area contributed by atoms with Crippen LogP contribution in [0.25, 0.3) is 0 Å². The number of pyridine rings is 1. The zero-order valence-corrected chi connectivity index (χ0v) is 11.0. The van der Waals surface area contributed by atoms with E-state index in [9.17, 15) is 0 Å². The van der Waals surface area contributed by atoms with Gasteiger partial charge >= 0.3 is 0 Å². The average molecular weight is 235 g/mol. The van der Waals surface area contributed by atoms with Gasteiger partial charge in [0.05, 0.1) is 5.69 Å². The smallest absolute Gasteiger partial charge is 0.239 e. The minimum Gasteiger partial charge on any atom is -0.470 e. The molecule has 1 aromatic rings. The Morgan fingerprint density at radius 2 is 2.00 bits per heavy atom. The molecular weight excluding hydrogens is 214 g/mol. The van der Waals surface area contributed by atoms with Gasteiger partial charge in [0.15, 0.2) is 0 Å². The third-order valence-corrected chi connectivity index (χ3v) is 2.72. The van der Waals surface area contributed by atoms with E-state index >= 15 is 0 Å². The van der Waals surface area contributed by atoms with Crippen molar-refractivity contribution in [2.45, 2.75) is 51.7 Å². The summed E-state index contributed by atoms with van der Waals surface area (Å²) in [7, 11) is 0. The highest BCUT2D eigenvalue weighted by molar-refractivity contribution is 5.54. The van der Waals surface area contributed by atoms with Gasteiger partial charge in [-0.2, -0.15) is 4.98 Å². The summed E-state index contributed by atoms with van der Waals surface area (Å²) in [4.78, 5) is 4.42. The van der Waals surface area contributed by atoms with Crippen molar-refractivity contribution in [2.75, 3.05) is 11.1 Å². The van der Waals surface area contributed by atoms with Crippen molar-refractivity contribution in [3.8, 4) is 5.88 Å². The van der Waals surface area contributed by atoms with Gasteiger partial charge in [0.2, 0.25) is 5.88 Å². The molecular formula is C13H21N3O. The lowest BCUT2D eigenvalue weighted by Crippen LogP contribution is -2.25. The van der Waals surface area contributed by atoms with Gasteiger partial charge in [-0.1, -0.05) is 0 Å². The second kappa shape index (κ2) is 3.79. The molecule has 0 saturated heterocycles. The number of nitrogen functional groups attached to an aromatic ring is 1. The van der Waals surface area contributed by atoms with E-state index in [1.165, 1.54) is 12.8 Å². The molecule has 0 unspecified atom stereocenters. The van der Waals surface area contributed by atoms with Gasteiger partial charge in [-0.05, 0) is 52.7 Å². The maximum atomic E-state index is 5.86. The van der Waals surface area contributed by atoms with Crippen molar-refractivity contribution in [3.05, 3.63) is 12.1 Å². The molecule has 4 nitrogen and oxygen atoms in total. The third-order valence-electron chi connectivity index (χ3n) is 2.72. The predicted octanol–water partition coefficient (Wildman–Crippen LogP) is 2.81. The van der Waals surface area contributed by atoms with Crippen LogP contribution < -0.4 is 15.8 Å². The quantitative estimate of drug-likeness (QED) is 0.845. The zero-order chi connectivity index (χ0) is 12.7. The molecule has 0 radical (unpaired) electrons. The second-order valence-electron chi connectivity index (χ2n) is 5.99. The summed E-state index contributed by atoms with van der Waals surface area (Å²) in [6, 6.07) is 3.73. The molecule has 1 aliphatic rings. The summed E-state index contributed by atoms with van der Waals surface area (Å²) < 4.78 is 5.73. The largest absolute Gasteiger partial charge is 0.470 e. The van der Waals surface area contributed by atoms with E-state index < -0.39 is 0 Å². The number of ether oxygens (including phenoxy) is 1. The van der Waals surface area contributed by atoms with Crippen LogP contribution in [0.15, 0.2) is 12.1 Å². The molecule has 0 aliphatic heterocycles. The molecule has 17 heavy (non-hydrogen) atoms. The van der Waals surface area contributed by atoms with E-state index in [1.807, 2.05) is 32.9 Å². The number of nitrogens with one attached hydrogen (secondary N) is 1. The molecule has 1 aromatic heterocycles. The first-order valence-corrected chi connectivity index (χ1v) is 6.01. The average Bonchev–Trinajstić information content (AvgIpc) is 2.87. The Labute approximate surface area is 103 Å². The molecule has 0 atom stereocenters. The van der Waals surface area contributed by atoms with Crippen molar-refractivity contribution in [2.24, 2.45) is 0 Å². The summed E-state index contributed by atoms with van der Waals surface area (Å²) in [5, 5.41) is 3.40. The third kappa shape index (κ3) is 3.25. The topological polar surface area (TPSA) is 60.2 Å². The van der Waals surface area contributed by atoms with Gasteiger partial charge < -0.3 is 15.8 Å². The Kier molecular flexibility index (Phi) is 2.68. The van der Waals surface area contributed by atoms with Crippen LogP contribution in [0.2, 0.25) is 0 Å². The number of hydrogen-bond donors (Lipinski definition) is 2. The van der Waals surface area contributed by atoms with E-state index in [4.69, 9.17) is 10.5 Å². The number of nitrogens with two attached hydrogens (primary N) is 1. The van der Waals surface area contributed by atoms with Gasteiger partial charge in [0.1, 0.15) is 11.4 Å². The van der Waals surface area contributed by atoms with Crippen molar-refractivity contribution in [1.82, 2.24) is 4.98 Å². The molecule has 0 amide bonds. The van der Waals surface area contributed by atoms with Gasteiger partial charge in [-0.25, -0.2) is 0 Å². The van der Waals surface area contributed by atoms with E-state index in [2.05, 4.69) is 17.2 Å². The minimum atomic E-state index is -0.288. The van der Waals surface area contributed by atoms with Gasteiger partial charge in [0.25, 0.3) is 0 Å². The summed E-state index contributed by atoms with van der Waals surface area (Å²) in [6.07, 6.45) is 2.38. The van der Waals surface area contributed by atoms with Crippen molar-refractivity contribution >= 4 is 11.5 Å². The summed E-state index contributed by atoms with van der Waals surface area (Å²) in [6.45, 7) is 8.14. The lowest BCUT2D eigenvalue weighted by Gasteiger charge is -2.22. The Morgan fingerprint density at radius 3 is 2.53 bits per heavy atom. The van der Waals surface area contributed by atoms with Gasteiger partial charge in [-0.3, -0.25) is 0 Å². The second-order valence-corrected chi connectivity index (χ2v) is 5.99. The summed E-state index contributed by atoms with van der Waals surface area (Å²) in [5.41, 5.74) is 6.36. The van der Waals surface area contributed by atoms with Crippen LogP contribution >= 0.6 is 0 Å². The van der Waals surface area contributed by atoms with Crippen LogP contribution in [0, 0.1) is 0 Å². The first-order valence-electron chi connectivity index (χ1n) is 6.01. The van der Waals surface area contributed by atoms with E-state index in [0.29, 0.717) is 11.6 Å². The molecule has 1 saturated carbocycles. The van der Waals surface area contributed by atoms with Crippen LogP contribution in [0.3, 0.4) is 0 Å². The molecule has 1 aliphatic carbocycles. The monoisotopic (exact) mass is 235 g/mol. The highest BCUT2D eigenvalue weighted by atomic mass is 16.5. The van der Waals surface area contributed by atoms with Crippen LogP contribution in [0.1, 0.15) is 40.5 Å². The standard InChI is InChI=1S/C13H21N3O/c1-12(2,3)17-11-9(14)5-6-10(15-11)16-13(4)7-8-13/h5-6H,7-8,14H2,1-4H3,(H,15,16). The van der Waals surface area contributed by atoms with Crippen molar-refractivity contribution in [1.29, 1.82) is 0 Å². The maximum absolute atomic E-state index is 5.86. The molecule has 1 heterocycles. The highest BCUT2D eigenvalue weighted by Crippen LogP contribution is 2.38. The number of anilines is 2. The fourth-order valence-electron chi connectivity index (χ4n) is 1.51. The molecule has 4 heteroatoms. The highest BCUT2D eigenvalue weighted by Gasteiger charge is 2.37. The number of aromatic nitrogens is 1. The fourth-order valence-corrected chi connectivity index (χ4v) is 1.51. The zero-order valence-electron chi connectivity index (χ0n) is 11.0. The predicted molar refractivity (Wildman–Crippen MR) is 70.3 cm³/mol. The number of rotatable bonds is 3. The van der Waals surface area contributed by atoms with Crippen molar-refractivity contribution in [3.63, 3.8) is 0 Å². The first-order chi connectivity index (χ1) is 7.77. The molecule has 2 rings (SSSR count). The molecule has 1 fully saturated rings. The summed E-state index contributed by atoms with van der Waals surface area (Å²) >= 11 is 0. The summed E-state index contributed by atoms with van der Waals surface area (Å²) in [5.74, 6) is 1.34. The normalized spacial score (nSPS) is 17.6. The maximum Gasteiger partial charge on any atom is 0.239 e. The number of nitrogens with zero attached hydrogens (tertiary/aromatic N) is 1. The SMILES string of the molecule is CC1(Nc2ccc(N)c(OC(C)(C)C)n2)CC1.